The Kier molecular flexibility index (Phi) is 5.42. The van der Waals surface area contributed by atoms with E-state index in [1.54, 1.807) is 0 Å². The van der Waals surface area contributed by atoms with Crippen LogP contribution in [0.4, 0.5) is 0 Å². The lowest BCUT2D eigenvalue weighted by atomic mass is 9.93. The van der Waals surface area contributed by atoms with Gasteiger partial charge in [0.1, 0.15) is 0 Å². The van der Waals surface area contributed by atoms with Crippen LogP contribution in [-0.4, -0.2) is 14.5 Å². The first kappa shape index (κ1) is 10.8. The van der Waals surface area contributed by atoms with Gasteiger partial charge < -0.3 is 4.55 Å². The van der Waals surface area contributed by atoms with Crippen molar-refractivity contribution in [2.24, 2.45) is 11.8 Å². The van der Waals surface area contributed by atoms with Crippen molar-refractivity contribution in [2.45, 2.75) is 20.3 Å². The summed E-state index contributed by atoms with van der Waals surface area (Å²) >= 11 is -1.67. The van der Waals surface area contributed by atoms with Gasteiger partial charge in [-0.15, -0.1) is 6.58 Å². The Balaban J connectivity index is 3.87. The Morgan fingerprint density at radius 1 is 1.73 bits per heavy atom. The van der Waals surface area contributed by atoms with Gasteiger partial charge in [-0.3, -0.25) is 0 Å². The molecule has 0 bridgehead atoms. The van der Waals surface area contributed by atoms with Gasteiger partial charge in [-0.1, -0.05) is 19.9 Å². The van der Waals surface area contributed by atoms with Gasteiger partial charge in [0.2, 0.25) is 0 Å². The normalized spacial score (nSPS) is 18.8. The van der Waals surface area contributed by atoms with E-state index in [9.17, 15) is 4.21 Å². The Labute approximate surface area is 71.0 Å². The molecule has 0 aliphatic rings. The summed E-state index contributed by atoms with van der Waals surface area (Å²) in [5.74, 6) is 0.972. The summed E-state index contributed by atoms with van der Waals surface area (Å²) in [5, 5.41) is 0. The third-order valence-corrected chi connectivity index (χ3v) is 2.72. The number of rotatable bonds is 5. The summed E-state index contributed by atoms with van der Waals surface area (Å²) < 4.78 is 19.0. The van der Waals surface area contributed by atoms with Crippen LogP contribution < -0.4 is 0 Å². The molecule has 66 valence electrons. The fourth-order valence-corrected chi connectivity index (χ4v) is 1.85. The quantitative estimate of drug-likeness (QED) is 0.514. The lowest BCUT2D eigenvalue weighted by Crippen LogP contribution is -2.15. The van der Waals surface area contributed by atoms with Gasteiger partial charge >= 0.3 is 0 Å². The van der Waals surface area contributed by atoms with E-state index in [-0.39, 0.29) is 5.92 Å². The van der Waals surface area contributed by atoms with Gasteiger partial charge in [-0.2, -0.15) is 0 Å². The molecule has 2 nitrogen and oxygen atoms in total. The second-order valence-corrected chi connectivity index (χ2v) is 3.75. The topological polar surface area (TPSA) is 37.3 Å². The van der Waals surface area contributed by atoms with Crippen molar-refractivity contribution in [2.75, 3.05) is 5.75 Å². The monoisotopic (exact) mass is 176 g/mol. The number of hydrogen-bond acceptors (Lipinski definition) is 1. The third kappa shape index (κ3) is 4.32. The van der Waals surface area contributed by atoms with Crippen molar-refractivity contribution >= 4 is 11.1 Å². The summed E-state index contributed by atoms with van der Waals surface area (Å²) in [6.07, 6.45) is 2.85. The maximum Gasteiger partial charge on any atom is 0.153 e. The van der Waals surface area contributed by atoms with Crippen LogP contribution in [0.15, 0.2) is 12.7 Å². The minimum absolute atomic E-state index is 0.253. The SMILES string of the molecule is C=C[C@@H](CC)[C@@H](C)CS(=O)O. The maximum atomic E-state index is 10.4. The molecule has 0 fully saturated rings. The fourth-order valence-electron chi connectivity index (χ4n) is 1.15. The summed E-state index contributed by atoms with van der Waals surface area (Å²) in [4.78, 5) is 0. The van der Waals surface area contributed by atoms with E-state index < -0.39 is 11.1 Å². The zero-order chi connectivity index (χ0) is 8.85. The van der Waals surface area contributed by atoms with Gasteiger partial charge in [0.05, 0.1) is 5.75 Å². The van der Waals surface area contributed by atoms with Crippen LogP contribution in [-0.2, 0) is 11.1 Å². The van der Waals surface area contributed by atoms with Crippen LogP contribution in [0.25, 0.3) is 0 Å². The second-order valence-electron chi connectivity index (χ2n) is 2.77. The molecule has 0 aliphatic heterocycles. The minimum atomic E-state index is -1.67. The van der Waals surface area contributed by atoms with Crippen LogP contribution in [0.3, 0.4) is 0 Å². The smallest absolute Gasteiger partial charge is 0.153 e. The van der Waals surface area contributed by atoms with E-state index in [1.807, 2.05) is 13.0 Å². The first-order valence-corrected chi connectivity index (χ1v) is 5.09. The van der Waals surface area contributed by atoms with Crippen molar-refractivity contribution in [3.8, 4) is 0 Å². The van der Waals surface area contributed by atoms with Gasteiger partial charge in [-0.05, 0) is 18.3 Å². The zero-order valence-electron chi connectivity index (χ0n) is 7.12. The highest BCUT2D eigenvalue weighted by atomic mass is 32.2. The van der Waals surface area contributed by atoms with Crippen molar-refractivity contribution in [3.63, 3.8) is 0 Å². The van der Waals surface area contributed by atoms with Crippen LogP contribution in [0.2, 0.25) is 0 Å². The zero-order valence-corrected chi connectivity index (χ0v) is 7.93. The Bertz CT molecular complexity index is 145. The Morgan fingerprint density at radius 2 is 2.27 bits per heavy atom. The van der Waals surface area contributed by atoms with E-state index in [4.69, 9.17) is 4.55 Å². The molecule has 0 aromatic heterocycles. The summed E-state index contributed by atoms with van der Waals surface area (Å²) in [6.45, 7) is 7.71. The van der Waals surface area contributed by atoms with Crippen molar-refractivity contribution in [1.29, 1.82) is 0 Å². The molecular formula is C8H16O2S. The predicted octanol–water partition coefficient (Wildman–Crippen LogP) is 2.06. The molecule has 0 aromatic carbocycles. The second kappa shape index (κ2) is 5.49. The number of allylic oxidation sites excluding steroid dienone is 1. The third-order valence-electron chi connectivity index (χ3n) is 1.91. The lowest BCUT2D eigenvalue weighted by molar-refractivity contribution is 0.445. The molecule has 0 saturated carbocycles. The fraction of sp³-hybridized carbons (Fsp3) is 0.750. The molecule has 11 heavy (non-hydrogen) atoms. The van der Waals surface area contributed by atoms with E-state index >= 15 is 0 Å². The van der Waals surface area contributed by atoms with E-state index in [0.717, 1.165) is 6.42 Å². The standard InChI is InChI=1S/C8H16O2S/c1-4-8(5-2)7(3)6-11(9)10/h4,7-8H,1,5-6H2,2-3H3,(H,9,10)/t7-,8-/m0/s1. The van der Waals surface area contributed by atoms with E-state index in [0.29, 0.717) is 11.7 Å². The first-order chi connectivity index (χ1) is 5.11. The van der Waals surface area contributed by atoms with Crippen molar-refractivity contribution in [1.82, 2.24) is 0 Å². The predicted molar refractivity (Wildman–Crippen MR) is 48.8 cm³/mol. The molecule has 3 atom stereocenters. The summed E-state index contributed by atoms with van der Waals surface area (Å²) in [7, 11) is 0. The molecule has 0 aliphatic carbocycles. The minimum Gasteiger partial charge on any atom is -0.306 e. The highest BCUT2D eigenvalue weighted by molar-refractivity contribution is 7.79. The molecule has 0 aromatic rings. The van der Waals surface area contributed by atoms with Gasteiger partial charge in [-0.25, -0.2) is 4.21 Å². The highest BCUT2D eigenvalue weighted by Gasteiger charge is 2.13. The molecule has 0 heterocycles. The molecule has 0 amide bonds. The van der Waals surface area contributed by atoms with Crippen molar-refractivity contribution < 1.29 is 8.76 Å². The van der Waals surface area contributed by atoms with E-state index in [2.05, 4.69) is 13.5 Å². The molecule has 0 rings (SSSR count). The van der Waals surface area contributed by atoms with E-state index in [1.165, 1.54) is 0 Å². The molecule has 1 unspecified atom stereocenters. The summed E-state index contributed by atoms with van der Waals surface area (Å²) in [5.41, 5.74) is 0. The molecule has 0 saturated heterocycles. The van der Waals surface area contributed by atoms with Gasteiger partial charge in [0.25, 0.3) is 0 Å². The molecule has 0 spiro atoms. The molecule has 0 radical (unpaired) electrons. The van der Waals surface area contributed by atoms with Crippen LogP contribution in [0.5, 0.6) is 0 Å². The van der Waals surface area contributed by atoms with Crippen LogP contribution in [0.1, 0.15) is 20.3 Å². The number of hydrogen-bond donors (Lipinski definition) is 1. The molecule has 1 N–H and O–H groups in total. The largest absolute Gasteiger partial charge is 0.306 e. The molecule has 3 heteroatoms. The highest BCUT2D eigenvalue weighted by Crippen LogP contribution is 2.16. The maximum absolute atomic E-state index is 10.4. The Hall–Kier alpha value is -0.150. The average molecular weight is 176 g/mol. The van der Waals surface area contributed by atoms with Crippen LogP contribution >= 0.6 is 0 Å². The first-order valence-electron chi connectivity index (χ1n) is 3.81. The lowest BCUT2D eigenvalue weighted by Gasteiger charge is -2.16. The van der Waals surface area contributed by atoms with Gasteiger partial charge in [0.15, 0.2) is 11.1 Å². The average Bonchev–Trinajstić information content (AvgIpc) is 1.88. The summed E-state index contributed by atoms with van der Waals surface area (Å²) in [6, 6.07) is 0. The van der Waals surface area contributed by atoms with Gasteiger partial charge in [0, 0.05) is 0 Å². The van der Waals surface area contributed by atoms with Crippen LogP contribution in [0, 0.1) is 11.8 Å². The molecular weight excluding hydrogens is 160 g/mol. The Morgan fingerprint density at radius 3 is 2.55 bits per heavy atom. The van der Waals surface area contributed by atoms with Crippen molar-refractivity contribution in [3.05, 3.63) is 12.7 Å².